The number of rotatable bonds is 11. The van der Waals surface area contributed by atoms with Crippen LogP contribution in [0.2, 0.25) is 0 Å². The maximum absolute atomic E-state index is 12.2. The molecule has 1 aromatic carbocycles. The molecular formula is C24H32N2O5. The van der Waals surface area contributed by atoms with Crippen LogP contribution in [-0.4, -0.2) is 41.0 Å². The third-order valence-corrected chi connectivity index (χ3v) is 5.00. The zero-order valence-corrected chi connectivity index (χ0v) is 18.6. The van der Waals surface area contributed by atoms with Gasteiger partial charge in [0.05, 0.1) is 25.6 Å². The molecule has 0 bridgehead atoms. The summed E-state index contributed by atoms with van der Waals surface area (Å²) >= 11 is 0. The van der Waals surface area contributed by atoms with Crippen molar-refractivity contribution in [2.45, 2.75) is 71.2 Å². The summed E-state index contributed by atoms with van der Waals surface area (Å²) in [5.74, 6) is 0.445. The van der Waals surface area contributed by atoms with E-state index in [0.29, 0.717) is 23.9 Å². The molecule has 1 fully saturated rings. The topological polar surface area (TPSA) is 79.8 Å². The number of unbranched alkanes of at least 4 members (excludes halogenated alkanes) is 5. The van der Waals surface area contributed by atoms with Gasteiger partial charge < -0.3 is 18.9 Å². The fraction of sp³-hybridized carbons (Fsp3) is 0.542. The summed E-state index contributed by atoms with van der Waals surface area (Å²) in [4.78, 5) is 21.0. The molecule has 1 aliphatic rings. The lowest BCUT2D eigenvalue weighted by atomic mass is 10.1. The van der Waals surface area contributed by atoms with Crippen LogP contribution in [-0.2, 0) is 14.3 Å². The van der Waals surface area contributed by atoms with Crippen LogP contribution in [0, 0.1) is 0 Å². The third-order valence-electron chi connectivity index (χ3n) is 5.00. The van der Waals surface area contributed by atoms with E-state index in [1.54, 1.807) is 38.4 Å². The van der Waals surface area contributed by atoms with Gasteiger partial charge in [0.25, 0.3) is 0 Å². The number of benzene rings is 1. The SMILES string of the molecule is CCCCCCCCOc1cnc(-c2ccc(OC(=O)[C@@H]3COC(C)(C)O3)cc2)nc1. The molecule has 168 valence electrons. The Morgan fingerprint density at radius 1 is 1.03 bits per heavy atom. The smallest absolute Gasteiger partial charge is 0.343 e. The molecule has 3 rings (SSSR count). The van der Waals surface area contributed by atoms with Crippen molar-refractivity contribution in [1.29, 1.82) is 0 Å². The average Bonchev–Trinajstić information content (AvgIpc) is 3.14. The molecule has 1 saturated heterocycles. The Labute approximate surface area is 184 Å². The summed E-state index contributed by atoms with van der Waals surface area (Å²) in [7, 11) is 0. The number of nitrogens with zero attached hydrogens (tertiary/aromatic N) is 2. The number of esters is 1. The van der Waals surface area contributed by atoms with E-state index < -0.39 is 17.9 Å². The summed E-state index contributed by atoms with van der Waals surface area (Å²) in [5.41, 5.74) is 0.823. The molecule has 0 saturated carbocycles. The van der Waals surface area contributed by atoms with Crippen molar-refractivity contribution in [2.24, 2.45) is 0 Å². The predicted molar refractivity (Wildman–Crippen MR) is 117 cm³/mol. The Hall–Kier alpha value is -2.51. The van der Waals surface area contributed by atoms with Gasteiger partial charge in [-0.15, -0.1) is 0 Å². The second kappa shape index (κ2) is 11.2. The van der Waals surface area contributed by atoms with Crippen LogP contribution < -0.4 is 9.47 Å². The number of ether oxygens (including phenoxy) is 4. The quantitative estimate of drug-likeness (QED) is 0.285. The molecule has 1 aromatic heterocycles. The molecule has 0 unspecified atom stereocenters. The Balaban J connectivity index is 1.44. The summed E-state index contributed by atoms with van der Waals surface area (Å²) < 4.78 is 22.0. The maximum Gasteiger partial charge on any atom is 0.343 e. The van der Waals surface area contributed by atoms with Crippen LogP contribution in [0.25, 0.3) is 11.4 Å². The van der Waals surface area contributed by atoms with Gasteiger partial charge in [0.15, 0.2) is 23.5 Å². The van der Waals surface area contributed by atoms with Crippen molar-refractivity contribution in [3.05, 3.63) is 36.7 Å². The molecule has 7 nitrogen and oxygen atoms in total. The number of carbonyl (C=O) groups excluding carboxylic acids is 1. The largest absolute Gasteiger partial charge is 0.490 e. The molecule has 0 aliphatic carbocycles. The lowest BCUT2D eigenvalue weighted by Gasteiger charge is -2.16. The lowest BCUT2D eigenvalue weighted by molar-refractivity contribution is -0.162. The standard InChI is InChI=1S/C24H32N2O5/c1-4-5-6-7-8-9-14-28-20-15-25-22(26-16-20)18-10-12-19(13-11-18)30-23(27)21-17-29-24(2,3)31-21/h10-13,15-16,21H,4-9,14,17H2,1-3H3/t21-/m0/s1. The first-order valence-corrected chi connectivity index (χ1v) is 11.1. The third kappa shape index (κ3) is 7.29. The van der Waals surface area contributed by atoms with E-state index in [-0.39, 0.29) is 6.61 Å². The van der Waals surface area contributed by atoms with Crippen molar-refractivity contribution in [2.75, 3.05) is 13.2 Å². The van der Waals surface area contributed by atoms with Gasteiger partial charge in [0.1, 0.15) is 5.75 Å². The first kappa shape index (κ1) is 23.2. The van der Waals surface area contributed by atoms with E-state index in [0.717, 1.165) is 12.0 Å². The van der Waals surface area contributed by atoms with Crippen LogP contribution in [0.1, 0.15) is 59.3 Å². The Bertz CT molecular complexity index is 821. The molecule has 2 heterocycles. The van der Waals surface area contributed by atoms with Crippen molar-refractivity contribution in [3.8, 4) is 22.9 Å². The monoisotopic (exact) mass is 428 g/mol. The van der Waals surface area contributed by atoms with Gasteiger partial charge in [0, 0.05) is 5.56 Å². The number of aromatic nitrogens is 2. The van der Waals surface area contributed by atoms with Crippen LogP contribution in [0.3, 0.4) is 0 Å². The normalized spacial score (nSPS) is 17.5. The molecule has 0 radical (unpaired) electrons. The van der Waals surface area contributed by atoms with Crippen molar-refractivity contribution in [3.63, 3.8) is 0 Å². The second-order valence-corrected chi connectivity index (χ2v) is 8.12. The first-order chi connectivity index (χ1) is 15.0. The molecule has 0 spiro atoms. The van der Waals surface area contributed by atoms with Crippen LogP contribution >= 0.6 is 0 Å². The summed E-state index contributed by atoms with van der Waals surface area (Å²) in [6, 6.07) is 7.04. The van der Waals surface area contributed by atoms with Gasteiger partial charge in [-0.3, -0.25) is 0 Å². The summed E-state index contributed by atoms with van der Waals surface area (Å²) in [6.07, 6.45) is 10.0. The van der Waals surface area contributed by atoms with Gasteiger partial charge in [-0.2, -0.15) is 0 Å². The Morgan fingerprint density at radius 2 is 1.71 bits per heavy atom. The maximum atomic E-state index is 12.2. The van der Waals surface area contributed by atoms with Gasteiger partial charge in [-0.25, -0.2) is 14.8 Å². The minimum atomic E-state index is -0.768. The number of hydrogen-bond acceptors (Lipinski definition) is 7. The average molecular weight is 429 g/mol. The van der Waals surface area contributed by atoms with Crippen LogP contribution in [0.4, 0.5) is 0 Å². The highest BCUT2D eigenvalue weighted by molar-refractivity contribution is 5.77. The summed E-state index contributed by atoms with van der Waals surface area (Å²) in [6.45, 7) is 6.62. The van der Waals surface area contributed by atoms with E-state index >= 15 is 0 Å². The number of carbonyl (C=O) groups is 1. The van der Waals surface area contributed by atoms with Gasteiger partial charge >= 0.3 is 5.97 Å². The Morgan fingerprint density at radius 3 is 2.35 bits per heavy atom. The van der Waals surface area contributed by atoms with Crippen molar-refractivity contribution in [1.82, 2.24) is 9.97 Å². The highest BCUT2D eigenvalue weighted by Gasteiger charge is 2.38. The van der Waals surface area contributed by atoms with Crippen molar-refractivity contribution >= 4 is 5.97 Å². The van der Waals surface area contributed by atoms with Gasteiger partial charge in [-0.1, -0.05) is 39.0 Å². The van der Waals surface area contributed by atoms with Crippen molar-refractivity contribution < 1.29 is 23.7 Å². The number of hydrogen-bond donors (Lipinski definition) is 0. The molecule has 2 aromatic rings. The molecule has 0 N–H and O–H groups in total. The Kier molecular flexibility index (Phi) is 8.37. The highest BCUT2D eigenvalue weighted by atomic mass is 16.8. The first-order valence-electron chi connectivity index (χ1n) is 11.1. The molecule has 1 atom stereocenters. The summed E-state index contributed by atoms with van der Waals surface area (Å²) in [5, 5.41) is 0. The fourth-order valence-corrected chi connectivity index (χ4v) is 3.27. The zero-order valence-electron chi connectivity index (χ0n) is 18.6. The van der Waals surface area contributed by atoms with E-state index in [1.165, 1.54) is 32.1 Å². The second-order valence-electron chi connectivity index (χ2n) is 8.12. The minimum absolute atomic E-state index is 0.186. The van der Waals surface area contributed by atoms with E-state index in [9.17, 15) is 4.79 Å². The molecule has 1 aliphatic heterocycles. The molecule has 31 heavy (non-hydrogen) atoms. The minimum Gasteiger partial charge on any atom is -0.490 e. The van der Waals surface area contributed by atoms with E-state index in [2.05, 4.69) is 16.9 Å². The highest BCUT2D eigenvalue weighted by Crippen LogP contribution is 2.25. The predicted octanol–water partition coefficient (Wildman–Crippen LogP) is 4.94. The zero-order chi connectivity index (χ0) is 22.1. The fourth-order valence-electron chi connectivity index (χ4n) is 3.27. The van der Waals surface area contributed by atoms with Crippen LogP contribution in [0.15, 0.2) is 36.7 Å². The van der Waals surface area contributed by atoms with Crippen LogP contribution in [0.5, 0.6) is 11.5 Å². The van der Waals surface area contributed by atoms with E-state index in [4.69, 9.17) is 18.9 Å². The van der Waals surface area contributed by atoms with Gasteiger partial charge in [0.2, 0.25) is 0 Å². The lowest BCUT2D eigenvalue weighted by Crippen LogP contribution is -2.30. The molecular weight excluding hydrogens is 396 g/mol. The van der Waals surface area contributed by atoms with E-state index in [1.807, 2.05) is 12.1 Å². The molecule has 7 heteroatoms. The molecule has 0 amide bonds. The van der Waals surface area contributed by atoms with Gasteiger partial charge in [-0.05, 0) is 44.5 Å².